The van der Waals surface area contributed by atoms with E-state index in [1.165, 1.54) is 6.08 Å². The Kier molecular flexibility index (Phi) is 6.47. The first kappa shape index (κ1) is 14.7. The van der Waals surface area contributed by atoms with Gasteiger partial charge in [0, 0.05) is 25.6 Å². The average molecular weight is 253 g/mol. The van der Waals surface area contributed by atoms with E-state index < -0.39 is 0 Å². The lowest BCUT2D eigenvalue weighted by molar-refractivity contribution is -0.137. The molecule has 4 nitrogen and oxygen atoms in total. The molecule has 102 valence electrons. The van der Waals surface area contributed by atoms with Crippen molar-refractivity contribution < 1.29 is 14.3 Å². The van der Waals surface area contributed by atoms with Crippen LogP contribution >= 0.6 is 0 Å². The van der Waals surface area contributed by atoms with Crippen LogP contribution in [0, 0.1) is 5.92 Å². The molecular formula is C14H23NO3. The van der Waals surface area contributed by atoms with Crippen LogP contribution in [0.2, 0.25) is 0 Å². The normalized spacial score (nSPS) is 21.1. The third-order valence-electron chi connectivity index (χ3n) is 3.37. The predicted molar refractivity (Wildman–Crippen MR) is 70.0 cm³/mol. The van der Waals surface area contributed by atoms with Crippen LogP contribution in [0.3, 0.4) is 0 Å². The number of likely N-dealkylation sites (tertiary alicyclic amines) is 1. The number of carbonyl (C=O) groups is 2. The summed E-state index contributed by atoms with van der Waals surface area (Å²) in [5.41, 5.74) is 0. The van der Waals surface area contributed by atoms with Gasteiger partial charge in [-0.25, -0.2) is 4.79 Å². The highest BCUT2D eigenvalue weighted by atomic mass is 16.5. The van der Waals surface area contributed by atoms with Crippen molar-refractivity contribution in [3.8, 4) is 0 Å². The molecule has 0 aliphatic carbocycles. The number of amides is 1. The number of nitrogens with zero attached hydrogens (tertiary/aromatic N) is 1. The van der Waals surface area contributed by atoms with Gasteiger partial charge in [0.15, 0.2) is 0 Å². The van der Waals surface area contributed by atoms with Gasteiger partial charge in [0.1, 0.15) is 0 Å². The maximum atomic E-state index is 11.9. The van der Waals surface area contributed by atoms with E-state index in [1.807, 2.05) is 4.90 Å². The number of ether oxygens (including phenoxy) is 1. The zero-order valence-corrected chi connectivity index (χ0v) is 11.4. The summed E-state index contributed by atoms with van der Waals surface area (Å²) in [7, 11) is 0. The molecule has 1 aliphatic rings. The predicted octanol–water partition coefficient (Wildman–Crippen LogP) is 2.14. The summed E-state index contributed by atoms with van der Waals surface area (Å²) in [5.74, 6) is 0.513. The van der Waals surface area contributed by atoms with Crippen LogP contribution in [0.1, 0.15) is 39.5 Å². The fourth-order valence-electron chi connectivity index (χ4n) is 2.16. The molecule has 1 atom stereocenters. The third kappa shape index (κ3) is 4.90. The Labute approximate surface area is 109 Å². The Balaban J connectivity index is 2.41. The second-order valence-electron chi connectivity index (χ2n) is 4.60. The Morgan fingerprint density at radius 2 is 2.22 bits per heavy atom. The minimum Gasteiger partial charge on any atom is -0.463 e. The molecule has 1 saturated heterocycles. The highest BCUT2D eigenvalue weighted by molar-refractivity contribution is 5.82. The van der Waals surface area contributed by atoms with Gasteiger partial charge in [0.25, 0.3) is 0 Å². The monoisotopic (exact) mass is 253 g/mol. The van der Waals surface area contributed by atoms with E-state index in [4.69, 9.17) is 4.74 Å². The van der Waals surface area contributed by atoms with E-state index in [1.54, 1.807) is 13.0 Å². The van der Waals surface area contributed by atoms with E-state index in [0.29, 0.717) is 25.5 Å². The summed E-state index contributed by atoms with van der Waals surface area (Å²) < 4.78 is 4.79. The number of hydrogen-bond acceptors (Lipinski definition) is 3. The fourth-order valence-corrected chi connectivity index (χ4v) is 2.16. The fraction of sp³-hybridized carbons (Fsp3) is 0.714. The van der Waals surface area contributed by atoms with Gasteiger partial charge in [0.05, 0.1) is 6.61 Å². The summed E-state index contributed by atoms with van der Waals surface area (Å²) in [6.07, 6.45) is 6.94. The first-order chi connectivity index (χ1) is 8.67. The molecule has 0 saturated carbocycles. The highest BCUT2D eigenvalue weighted by Crippen LogP contribution is 2.20. The molecule has 0 radical (unpaired) electrons. The lowest BCUT2D eigenvalue weighted by Gasteiger charge is -2.18. The molecule has 0 spiro atoms. The SMILES string of the molecule is CCOC(=O)/C=C/CN1CCC(CC)CCC1=O. The summed E-state index contributed by atoms with van der Waals surface area (Å²) >= 11 is 0. The van der Waals surface area contributed by atoms with Crippen molar-refractivity contribution >= 4 is 11.9 Å². The zero-order chi connectivity index (χ0) is 13.4. The van der Waals surface area contributed by atoms with Crippen LogP contribution in [0.5, 0.6) is 0 Å². The number of esters is 1. The molecule has 0 N–H and O–H groups in total. The lowest BCUT2D eigenvalue weighted by Crippen LogP contribution is -2.30. The number of carbonyl (C=O) groups excluding carboxylic acids is 2. The average Bonchev–Trinajstić information content (AvgIpc) is 2.53. The number of rotatable bonds is 5. The molecule has 0 aromatic rings. The van der Waals surface area contributed by atoms with Crippen LogP contribution in [-0.4, -0.2) is 36.5 Å². The first-order valence-electron chi connectivity index (χ1n) is 6.78. The third-order valence-corrected chi connectivity index (χ3v) is 3.37. The van der Waals surface area contributed by atoms with Crippen LogP contribution in [0.25, 0.3) is 0 Å². The van der Waals surface area contributed by atoms with Crippen LogP contribution < -0.4 is 0 Å². The summed E-state index contributed by atoms with van der Waals surface area (Å²) in [6.45, 7) is 5.63. The maximum Gasteiger partial charge on any atom is 0.330 e. The Morgan fingerprint density at radius 1 is 1.44 bits per heavy atom. The standard InChI is InChI=1S/C14H23NO3/c1-3-12-7-8-13(16)15(11-9-12)10-5-6-14(17)18-4-2/h5-6,12H,3-4,7-11H2,1-2H3/b6-5+. The summed E-state index contributed by atoms with van der Waals surface area (Å²) in [6, 6.07) is 0. The molecule has 4 heteroatoms. The molecule has 0 bridgehead atoms. The van der Waals surface area contributed by atoms with Crippen molar-refractivity contribution in [1.82, 2.24) is 4.90 Å². The molecule has 1 aliphatic heterocycles. The molecule has 1 fully saturated rings. The van der Waals surface area contributed by atoms with Crippen molar-refractivity contribution in [3.05, 3.63) is 12.2 Å². The van der Waals surface area contributed by atoms with Gasteiger partial charge in [-0.05, 0) is 25.7 Å². The molecule has 0 aromatic heterocycles. The summed E-state index contributed by atoms with van der Waals surface area (Å²) in [5, 5.41) is 0. The maximum absolute atomic E-state index is 11.9. The van der Waals surface area contributed by atoms with Gasteiger partial charge in [-0.1, -0.05) is 19.4 Å². The molecule has 1 rings (SSSR count). The Morgan fingerprint density at radius 3 is 2.89 bits per heavy atom. The quantitative estimate of drug-likeness (QED) is 0.557. The van der Waals surface area contributed by atoms with Gasteiger partial charge >= 0.3 is 5.97 Å². The van der Waals surface area contributed by atoms with Crippen molar-refractivity contribution in [2.24, 2.45) is 5.92 Å². The topological polar surface area (TPSA) is 46.6 Å². The zero-order valence-electron chi connectivity index (χ0n) is 11.4. The molecular weight excluding hydrogens is 230 g/mol. The second-order valence-corrected chi connectivity index (χ2v) is 4.60. The largest absolute Gasteiger partial charge is 0.463 e. The molecule has 1 heterocycles. The van der Waals surface area contributed by atoms with Gasteiger partial charge < -0.3 is 9.64 Å². The van der Waals surface area contributed by atoms with Gasteiger partial charge in [-0.15, -0.1) is 0 Å². The molecule has 0 aromatic carbocycles. The van der Waals surface area contributed by atoms with Crippen LogP contribution in [0.4, 0.5) is 0 Å². The van der Waals surface area contributed by atoms with E-state index in [2.05, 4.69) is 6.92 Å². The van der Waals surface area contributed by atoms with Crippen molar-refractivity contribution in [1.29, 1.82) is 0 Å². The van der Waals surface area contributed by atoms with E-state index in [0.717, 1.165) is 25.8 Å². The van der Waals surface area contributed by atoms with Crippen molar-refractivity contribution in [3.63, 3.8) is 0 Å². The molecule has 18 heavy (non-hydrogen) atoms. The smallest absolute Gasteiger partial charge is 0.330 e. The van der Waals surface area contributed by atoms with E-state index in [-0.39, 0.29) is 11.9 Å². The molecule has 1 amide bonds. The Bertz CT molecular complexity index is 312. The van der Waals surface area contributed by atoms with Crippen LogP contribution in [-0.2, 0) is 14.3 Å². The summed E-state index contributed by atoms with van der Waals surface area (Å²) in [4.78, 5) is 24.8. The van der Waals surface area contributed by atoms with E-state index >= 15 is 0 Å². The van der Waals surface area contributed by atoms with Gasteiger partial charge in [-0.3, -0.25) is 4.79 Å². The first-order valence-corrected chi connectivity index (χ1v) is 6.78. The van der Waals surface area contributed by atoms with Crippen LogP contribution in [0.15, 0.2) is 12.2 Å². The minimum atomic E-state index is -0.341. The van der Waals surface area contributed by atoms with Gasteiger partial charge in [-0.2, -0.15) is 0 Å². The molecule has 1 unspecified atom stereocenters. The minimum absolute atomic E-state index is 0.194. The highest BCUT2D eigenvalue weighted by Gasteiger charge is 2.20. The Hall–Kier alpha value is -1.32. The number of hydrogen-bond donors (Lipinski definition) is 0. The van der Waals surface area contributed by atoms with Crippen molar-refractivity contribution in [2.45, 2.75) is 39.5 Å². The second kappa shape index (κ2) is 7.90. The van der Waals surface area contributed by atoms with Crippen molar-refractivity contribution in [2.75, 3.05) is 19.7 Å². The van der Waals surface area contributed by atoms with Gasteiger partial charge in [0.2, 0.25) is 5.91 Å². The lowest BCUT2D eigenvalue weighted by atomic mass is 9.98. The van der Waals surface area contributed by atoms with E-state index in [9.17, 15) is 9.59 Å².